The van der Waals surface area contributed by atoms with E-state index in [1.807, 2.05) is 30.3 Å². The lowest BCUT2D eigenvalue weighted by molar-refractivity contribution is -0.137. The Labute approximate surface area is 242 Å². The van der Waals surface area contributed by atoms with Gasteiger partial charge in [-0.3, -0.25) is 14.5 Å². The van der Waals surface area contributed by atoms with Crippen LogP contribution in [0.15, 0.2) is 70.6 Å². The number of thiocarbonyl (C=S) groups is 1. The van der Waals surface area contributed by atoms with E-state index in [1.54, 1.807) is 45.5 Å². The third-order valence-corrected chi connectivity index (χ3v) is 10.1. The third kappa shape index (κ3) is 6.04. The highest BCUT2D eigenvalue weighted by Gasteiger charge is 2.33. The lowest BCUT2D eigenvalue weighted by Gasteiger charge is -2.20. The maximum atomic E-state index is 13.5. The molecule has 9 nitrogen and oxygen atoms in total. The highest BCUT2D eigenvalue weighted by Crippen LogP contribution is 2.35. The van der Waals surface area contributed by atoms with Crippen LogP contribution in [0.3, 0.4) is 0 Å². The predicted molar refractivity (Wildman–Crippen MR) is 158 cm³/mol. The summed E-state index contributed by atoms with van der Waals surface area (Å²) in [6.07, 6.45) is 6.98. The summed E-state index contributed by atoms with van der Waals surface area (Å²) in [7, 11) is -3.68. The van der Waals surface area contributed by atoms with Crippen molar-refractivity contribution in [1.29, 1.82) is 0 Å². The summed E-state index contributed by atoms with van der Waals surface area (Å²) < 4.78 is 30.6. The third-order valence-electron chi connectivity index (χ3n) is 6.78. The second-order valence-corrected chi connectivity index (χ2v) is 13.2. The van der Waals surface area contributed by atoms with Crippen LogP contribution < -0.4 is 0 Å². The van der Waals surface area contributed by atoms with E-state index in [-0.39, 0.29) is 23.8 Å². The highest BCUT2D eigenvalue weighted by atomic mass is 32.2. The Morgan fingerprint density at radius 1 is 1.05 bits per heavy atom. The van der Waals surface area contributed by atoms with Crippen LogP contribution >= 0.6 is 24.0 Å². The first-order chi connectivity index (χ1) is 19.2. The number of carbonyl (C=O) groups is 2. The van der Waals surface area contributed by atoms with Crippen molar-refractivity contribution < 1.29 is 23.1 Å². The van der Waals surface area contributed by atoms with Gasteiger partial charge in [-0.15, -0.1) is 0 Å². The number of carbonyl (C=O) groups excluding carboxylic acids is 1. The first kappa shape index (κ1) is 28.2. The van der Waals surface area contributed by atoms with Gasteiger partial charge in [-0.2, -0.15) is 9.40 Å². The number of nitrogens with zero attached hydrogens (tertiary/aromatic N) is 4. The fourth-order valence-electron chi connectivity index (χ4n) is 4.71. The van der Waals surface area contributed by atoms with Crippen molar-refractivity contribution in [3.63, 3.8) is 0 Å². The van der Waals surface area contributed by atoms with E-state index < -0.39 is 16.0 Å². The molecule has 2 saturated heterocycles. The van der Waals surface area contributed by atoms with Crippen LogP contribution in [-0.4, -0.2) is 68.3 Å². The number of para-hydroxylation sites is 1. The molecule has 0 atom stereocenters. The summed E-state index contributed by atoms with van der Waals surface area (Å²) >= 11 is 6.44. The van der Waals surface area contributed by atoms with Gasteiger partial charge in [-0.05, 0) is 43.2 Å². The first-order valence-corrected chi connectivity index (χ1v) is 15.6. The fourth-order valence-corrected chi connectivity index (χ4v) is 7.57. The van der Waals surface area contributed by atoms with Gasteiger partial charge in [0.2, 0.25) is 10.0 Å². The van der Waals surface area contributed by atoms with Gasteiger partial charge in [0, 0.05) is 37.0 Å². The molecule has 5 rings (SSSR count). The van der Waals surface area contributed by atoms with Gasteiger partial charge in [0.05, 0.1) is 21.9 Å². The Morgan fingerprint density at radius 3 is 2.48 bits per heavy atom. The Morgan fingerprint density at radius 2 is 1.77 bits per heavy atom. The van der Waals surface area contributed by atoms with Crippen LogP contribution in [0.5, 0.6) is 0 Å². The molecule has 0 spiro atoms. The van der Waals surface area contributed by atoms with Crippen molar-refractivity contribution in [2.24, 2.45) is 0 Å². The molecule has 3 heterocycles. The largest absolute Gasteiger partial charge is 0.481 e. The maximum absolute atomic E-state index is 13.5. The summed E-state index contributed by atoms with van der Waals surface area (Å²) in [5.41, 5.74) is 2.50. The Balaban J connectivity index is 1.55. The number of benzene rings is 2. The molecule has 2 aromatic carbocycles. The molecular formula is C28H28N4O5S3. The first-order valence-electron chi connectivity index (χ1n) is 13.0. The molecule has 2 fully saturated rings. The molecule has 1 aromatic heterocycles. The molecule has 208 valence electrons. The summed E-state index contributed by atoms with van der Waals surface area (Å²) in [4.78, 5) is 26.0. The number of hydrogen-bond donors (Lipinski definition) is 1. The maximum Gasteiger partial charge on any atom is 0.305 e. The topological polar surface area (TPSA) is 113 Å². The lowest BCUT2D eigenvalue weighted by atomic mass is 10.1. The van der Waals surface area contributed by atoms with E-state index in [1.165, 1.54) is 4.90 Å². The number of carboxylic acid groups (broad SMARTS) is 1. The van der Waals surface area contributed by atoms with Crippen LogP contribution in [0.25, 0.3) is 23.0 Å². The molecule has 0 bridgehead atoms. The molecule has 2 aliphatic heterocycles. The smallest absolute Gasteiger partial charge is 0.305 e. The molecular weight excluding hydrogens is 569 g/mol. The second-order valence-electron chi connectivity index (χ2n) is 9.54. The van der Waals surface area contributed by atoms with Gasteiger partial charge in [-0.1, -0.05) is 67.2 Å². The van der Waals surface area contributed by atoms with E-state index in [4.69, 9.17) is 22.4 Å². The number of thioether (sulfide) groups is 1. The average molecular weight is 597 g/mol. The summed E-state index contributed by atoms with van der Waals surface area (Å²) in [5, 5.41) is 13.8. The Kier molecular flexibility index (Phi) is 8.50. The van der Waals surface area contributed by atoms with Crippen LogP contribution in [0.2, 0.25) is 0 Å². The molecule has 0 unspecified atom stereocenters. The molecule has 0 saturated carbocycles. The fraction of sp³-hybridized carbons (Fsp3) is 0.286. The molecule has 0 aliphatic carbocycles. The molecule has 12 heteroatoms. The van der Waals surface area contributed by atoms with Crippen LogP contribution in [0, 0.1) is 0 Å². The van der Waals surface area contributed by atoms with Crippen LogP contribution in [0.1, 0.15) is 37.7 Å². The summed E-state index contributed by atoms with van der Waals surface area (Å²) in [5.74, 6) is -1.38. The van der Waals surface area contributed by atoms with Crippen molar-refractivity contribution in [2.75, 3.05) is 19.6 Å². The SMILES string of the molecule is O=C(O)CCN1C(=O)/C(=C/c2cn(-c3ccccc3)nc2-c2cccc(S(=O)(=O)N3CCCCCC3)c2)SC1=S. The van der Waals surface area contributed by atoms with Gasteiger partial charge >= 0.3 is 5.97 Å². The van der Waals surface area contributed by atoms with Gasteiger partial charge < -0.3 is 5.11 Å². The molecule has 1 N–H and O–H groups in total. The van der Waals surface area contributed by atoms with Crippen molar-refractivity contribution >= 4 is 56.3 Å². The minimum Gasteiger partial charge on any atom is -0.481 e. The molecule has 3 aromatic rings. The van der Waals surface area contributed by atoms with Crippen molar-refractivity contribution in [2.45, 2.75) is 37.0 Å². The lowest BCUT2D eigenvalue weighted by Crippen LogP contribution is -2.31. The van der Waals surface area contributed by atoms with Gasteiger partial charge in [0.15, 0.2) is 0 Å². The molecule has 1 amide bonds. The summed E-state index contributed by atoms with van der Waals surface area (Å²) in [6.45, 7) is 0.998. The Hall–Kier alpha value is -3.32. The van der Waals surface area contributed by atoms with Crippen LogP contribution in [-0.2, 0) is 19.6 Å². The number of carboxylic acids is 1. The van der Waals surface area contributed by atoms with E-state index in [9.17, 15) is 18.0 Å². The zero-order chi connectivity index (χ0) is 28.3. The summed E-state index contributed by atoms with van der Waals surface area (Å²) in [6, 6.07) is 16.2. The number of hydrogen-bond acceptors (Lipinski definition) is 7. The quantitative estimate of drug-likeness (QED) is 0.292. The monoisotopic (exact) mass is 596 g/mol. The van der Waals surface area contributed by atoms with Gasteiger partial charge in [0.25, 0.3) is 5.91 Å². The van der Waals surface area contributed by atoms with E-state index >= 15 is 0 Å². The van der Waals surface area contributed by atoms with Gasteiger partial charge in [-0.25, -0.2) is 13.1 Å². The number of rotatable bonds is 8. The average Bonchev–Trinajstić information content (AvgIpc) is 3.33. The number of aromatic nitrogens is 2. The standard InChI is InChI=1S/C28H28N4O5S3/c33-25(34)13-16-31-27(35)24(39-28(31)38)18-21-19-32(22-10-4-3-5-11-22)29-26(21)20-9-8-12-23(17-20)40(36,37)30-14-6-1-2-7-15-30/h3-5,8-12,17-19H,1-2,6-7,13-16H2,(H,33,34)/b24-18-. The minimum absolute atomic E-state index is 0.0100. The zero-order valence-electron chi connectivity index (χ0n) is 21.6. The molecule has 0 radical (unpaired) electrons. The van der Waals surface area contributed by atoms with Crippen molar-refractivity contribution in [3.8, 4) is 16.9 Å². The van der Waals surface area contributed by atoms with E-state index in [2.05, 4.69) is 0 Å². The highest BCUT2D eigenvalue weighted by molar-refractivity contribution is 8.26. The second kappa shape index (κ2) is 12.0. The predicted octanol–water partition coefficient (Wildman–Crippen LogP) is 4.78. The van der Waals surface area contributed by atoms with E-state index in [0.29, 0.717) is 39.1 Å². The number of sulfonamides is 1. The zero-order valence-corrected chi connectivity index (χ0v) is 24.1. The minimum atomic E-state index is -3.68. The van der Waals surface area contributed by atoms with E-state index in [0.717, 1.165) is 43.1 Å². The van der Waals surface area contributed by atoms with Crippen molar-refractivity contribution in [1.82, 2.24) is 19.0 Å². The Bertz CT molecular complexity index is 1580. The van der Waals surface area contributed by atoms with Crippen molar-refractivity contribution in [3.05, 3.63) is 71.3 Å². The number of aliphatic carboxylic acids is 1. The van der Waals surface area contributed by atoms with Gasteiger partial charge in [0.1, 0.15) is 10.0 Å². The number of amides is 1. The van der Waals surface area contributed by atoms with Crippen LogP contribution in [0.4, 0.5) is 0 Å². The molecule has 2 aliphatic rings. The normalized spacial score (nSPS) is 17.9. The molecule has 40 heavy (non-hydrogen) atoms.